The molecule has 1 aliphatic heterocycles. The van der Waals surface area contributed by atoms with Crippen molar-refractivity contribution >= 4 is 5.91 Å². The Hall–Kier alpha value is -1.53. The topological polar surface area (TPSA) is 94.0 Å². The van der Waals surface area contributed by atoms with Crippen molar-refractivity contribution in [3.05, 3.63) is 5.21 Å². The minimum absolute atomic E-state index is 0.271. The third kappa shape index (κ3) is 2.48. The maximum Gasteiger partial charge on any atom is 0.232 e. The molecular weight excluding hydrogens is 188 g/mol. The molecule has 0 aromatic rings. The Balaban J connectivity index is 2.55. The van der Waals surface area contributed by atoms with E-state index in [1.165, 1.54) is 12.1 Å². The van der Waals surface area contributed by atoms with Gasteiger partial charge >= 0.3 is 0 Å². The van der Waals surface area contributed by atoms with Gasteiger partial charge < -0.3 is 15.8 Å². The number of nitrogens with zero attached hydrogens (tertiary/aromatic N) is 3. The Morgan fingerprint density at radius 3 is 3.07 bits per heavy atom. The van der Waals surface area contributed by atoms with Crippen molar-refractivity contribution in [3.8, 4) is 0 Å². The number of carbonyl (C=O) groups is 1. The number of piperidine rings is 1. The lowest BCUT2D eigenvalue weighted by atomic mass is 9.99. The quantitative estimate of drug-likeness (QED) is 0.383. The van der Waals surface area contributed by atoms with Crippen LogP contribution in [-0.2, 0) is 9.63 Å². The molecule has 1 fully saturated rings. The molecule has 0 aromatic heterocycles. The SMILES string of the molecule is CO/N=[N+](\[O-])N1CCCC(C(N)=O)C1. The Bertz CT molecular complexity index is 243. The molecule has 0 saturated carbocycles. The fourth-order valence-corrected chi connectivity index (χ4v) is 1.47. The zero-order chi connectivity index (χ0) is 10.6. The fourth-order valence-electron chi connectivity index (χ4n) is 1.47. The molecule has 1 amide bonds. The van der Waals surface area contributed by atoms with Crippen LogP contribution in [-0.4, -0.2) is 36.1 Å². The summed E-state index contributed by atoms with van der Waals surface area (Å²) in [5.74, 6) is -0.646. The van der Waals surface area contributed by atoms with Crippen LogP contribution >= 0.6 is 0 Å². The van der Waals surface area contributed by atoms with Crippen LogP contribution in [0.2, 0.25) is 0 Å². The summed E-state index contributed by atoms with van der Waals surface area (Å²) >= 11 is 0. The van der Waals surface area contributed by atoms with E-state index in [1.54, 1.807) is 0 Å². The van der Waals surface area contributed by atoms with Gasteiger partial charge in [-0.15, -0.1) is 5.01 Å². The molecule has 1 aliphatic rings. The number of hydrogen-bond donors (Lipinski definition) is 1. The molecule has 1 saturated heterocycles. The van der Waals surface area contributed by atoms with Crippen molar-refractivity contribution in [1.29, 1.82) is 0 Å². The van der Waals surface area contributed by atoms with Crippen LogP contribution in [0.3, 0.4) is 0 Å². The van der Waals surface area contributed by atoms with Gasteiger partial charge in [0.05, 0.1) is 24.0 Å². The van der Waals surface area contributed by atoms with Gasteiger partial charge in [0, 0.05) is 0 Å². The summed E-state index contributed by atoms with van der Waals surface area (Å²) in [6.07, 6.45) is 1.48. The number of nitrogens with two attached hydrogens (primary N) is 1. The van der Waals surface area contributed by atoms with Gasteiger partial charge in [0.25, 0.3) is 0 Å². The Kier molecular flexibility index (Phi) is 3.49. The number of hydrogen-bond acceptors (Lipinski definition) is 4. The van der Waals surface area contributed by atoms with E-state index in [2.05, 4.69) is 10.1 Å². The third-order valence-corrected chi connectivity index (χ3v) is 2.20. The highest BCUT2D eigenvalue weighted by molar-refractivity contribution is 5.76. The maximum absolute atomic E-state index is 11.2. The minimum Gasteiger partial charge on any atom is -0.569 e. The van der Waals surface area contributed by atoms with E-state index in [9.17, 15) is 10.0 Å². The molecule has 14 heavy (non-hydrogen) atoms. The molecule has 0 aromatic carbocycles. The van der Waals surface area contributed by atoms with Crippen molar-refractivity contribution in [2.75, 3.05) is 20.2 Å². The van der Waals surface area contributed by atoms with E-state index >= 15 is 0 Å². The van der Waals surface area contributed by atoms with Crippen LogP contribution < -0.4 is 5.73 Å². The predicted octanol–water partition coefficient (Wildman–Crippen LogP) is -0.377. The van der Waals surface area contributed by atoms with Crippen molar-refractivity contribution in [3.63, 3.8) is 0 Å². The molecule has 1 atom stereocenters. The van der Waals surface area contributed by atoms with Crippen LogP contribution in [0.5, 0.6) is 0 Å². The van der Waals surface area contributed by atoms with Crippen LogP contribution in [0.1, 0.15) is 12.8 Å². The van der Waals surface area contributed by atoms with E-state index in [1.807, 2.05) is 0 Å². The van der Waals surface area contributed by atoms with Gasteiger partial charge in [-0.1, -0.05) is 0 Å². The molecule has 7 nitrogen and oxygen atoms in total. The monoisotopic (exact) mass is 202 g/mol. The van der Waals surface area contributed by atoms with Crippen LogP contribution in [0.4, 0.5) is 0 Å². The van der Waals surface area contributed by atoms with E-state index in [-0.39, 0.29) is 11.8 Å². The van der Waals surface area contributed by atoms with Crippen LogP contribution in [0.15, 0.2) is 5.28 Å². The van der Waals surface area contributed by atoms with Gasteiger partial charge in [-0.2, -0.15) is 0 Å². The highest BCUT2D eigenvalue weighted by Gasteiger charge is 2.28. The van der Waals surface area contributed by atoms with Gasteiger partial charge in [0.15, 0.2) is 0 Å². The summed E-state index contributed by atoms with van der Waals surface area (Å²) < 4.78 is 0. The maximum atomic E-state index is 11.2. The highest BCUT2D eigenvalue weighted by atomic mass is 16.7. The Morgan fingerprint density at radius 1 is 1.79 bits per heavy atom. The average Bonchev–Trinajstić information content (AvgIpc) is 2.18. The van der Waals surface area contributed by atoms with E-state index in [4.69, 9.17) is 5.73 Å². The molecule has 1 unspecified atom stereocenters. The number of primary amides is 1. The number of amides is 1. The predicted molar refractivity (Wildman–Crippen MR) is 46.6 cm³/mol. The molecule has 7 heteroatoms. The first kappa shape index (κ1) is 10.6. The average molecular weight is 202 g/mol. The Labute approximate surface area is 81.6 Å². The molecular formula is C7H14N4O3. The van der Waals surface area contributed by atoms with E-state index < -0.39 is 0 Å². The molecule has 0 radical (unpaired) electrons. The van der Waals surface area contributed by atoms with E-state index in [0.29, 0.717) is 18.1 Å². The molecule has 2 N–H and O–H groups in total. The smallest absolute Gasteiger partial charge is 0.232 e. The van der Waals surface area contributed by atoms with Gasteiger partial charge in [-0.25, -0.2) is 0 Å². The molecule has 0 bridgehead atoms. The normalized spacial score (nSPS) is 23.4. The largest absolute Gasteiger partial charge is 0.569 e. The van der Waals surface area contributed by atoms with Crippen molar-refractivity contribution < 1.29 is 14.6 Å². The lowest BCUT2D eigenvalue weighted by Gasteiger charge is -2.26. The van der Waals surface area contributed by atoms with Crippen molar-refractivity contribution in [2.24, 2.45) is 16.9 Å². The highest BCUT2D eigenvalue weighted by Crippen LogP contribution is 2.15. The summed E-state index contributed by atoms with van der Waals surface area (Å²) in [5.41, 5.74) is 5.16. The number of carbonyl (C=O) groups excluding carboxylic acids is 1. The summed E-state index contributed by atoms with van der Waals surface area (Å²) in [6, 6.07) is 0. The van der Waals surface area contributed by atoms with Gasteiger partial charge in [-0.3, -0.25) is 4.79 Å². The first-order chi connectivity index (χ1) is 6.65. The first-order valence-electron chi connectivity index (χ1n) is 4.40. The number of rotatable bonds is 3. The standard InChI is InChI=1S/C7H14N4O3/c1-14-9-11(13)10-4-2-3-6(5-10)7(8)12/h6H,2-5H2,1H3,(H2,8,12)/b11-9-. The van der Waals surface area contributed by atoms with Crippen LogP contribution in [0.25, 0.3) is 0 Å². The van der Waals surface area contributed by atoms with Gasteiger partial charge in [-0.05, 0) is 12.8 Å². The van der Waals surface area contributed by atoms with Gasteiger partial charge in [0.2, 0.25) is 11.2 Å². The minimum atomic E-state index is -0.375. The Morgan fingerprint density at radius 2 is 2.50 bits per heavy atom. The first-order valence-corrected chi connectivity index (χ1v) is 4.40. The third-order valence-electron chi connectivity index (χ3n) is 2.20. The van der Waals surface area contributed by atoms with E-state index in [0.717, 1.165) is 12.8 Å². The summed E-state index contributed by atoms with van der Waals surface area (Å²) in [5, 5.41) is 15.7. The van der Waals surface area contributed by atoms with Crippen LogP contribution in [0, 0.1) is 11.1 Å². The molecule has 1 rings (SSSR count). The molecule has 0 aliphatic carbocycles. The fraction of sp³-hybridized carbons (Fsp3) is 0.857. The second-order valence-electron chi connectivity index (χ2n) is 3.17. The molecule has 0 spiro atoms. The molecule has 80 valence electrons. The summed E-state index contributed by atoms with van der Waals surface area (Å²) in [6.45, 7) is 0.881. The summed E-state index contributed by atoms with van der Waals surface area (Å²) in [7, 11) is 1.29. The number of hydrazine groups is 1. The molecule has 1 heterocycles. The lowest BCUT2D eigenvalue weighted by Crippen LogP contribution is -2.44. The van der Waals surface area contributed by atoms with Gasteiger partial charge in [0.1, 0.15) is 7.11 Å². The van der Waals surface area contributed by atoms with Crippen molar-refractivity contribution in [1.82, 2.24) is 5.01 Å². The second-order valence-corrected chi connectivity index (χ2v) is 3.17. The lowest BCUT2D eigenvalue weighted by molar-refractivity contribution is -0.712. The zero-order valence-electron chi connectivity index (χ0n) is 8.05. The summed E-state index contributed by atoms with van der Waals surface area (Å²) in [4.78, 5) is 15.6. The second kappa shape index (κ2) is 4.64. The zero-order valence-corrected chi connectivity index (χ0v) is 8.05. The van der Waals surface area contributed by atoms with Crippen molar-refractivity contribution in [2.45, 2.75) is 12.8 Å².